The fourth-order valence-electron chi connectivity index (χ4n) is 7.44. The van der Waals surface area contributed by atoms with E-state index in [9.17, 15) is 0 Å². The van der Waals surface area contributed by atoms with Crippen molar-refractivity contribution in [3.8, 4) is 5.75 Å². The van der Waals surface area contributed by atoms with E-state index in [0.717, 1.165) is 23.8 Å². The molecular formula is C26H32ClNO. The van der Waals surface area contributed by atoms with Gasteiger partial charge in [-0.05, 0) is 78.5 Å². The third kappa shape index (κ3) is 3.94. The Hall–Kier alpha value is -1.51. The molecule has 0 aromatic heterocycles. The highest BCUT2D eigenvalue weighted by Crippen LogP contribution is 2.66. The minimum Gasteiger partial charge on any atom is -0.487 e. The zero-order valence-electron chi connectivity index (χ0n) is 17.6. The smallest absolute Gasteiger partial charge is 0.138 e. The molecule has 0 spiro atoms. The Morgan fingerprint density at radius 1 is 0.931 bits per heavy atom. The number of halogens is 1. The Bertz CT molecular complexity index is 877. The zero-order chi connectivity index (χ0) is 20.1. The van der Waals surface area contributed by atoms with E-state index in [1.54, 1.807) is 0 Å². The fourth-order valence-corrected chi connectivity index (χ4v) is 7.70. The van der Waals surface area contributed by atoms with E-state index in [0.29, 0.717) is 28.0 Å². The highest BCUT2D eigenvalue weighted by molar-refractivity contribution is 6.32. The summed E-state index contributed by atoms with van der Waals surface area (Å²) in [6.07, 6.45) is 8.30. The van der Waals surface area contributed by atoms with Crippen LogP contribution in [0.1, 0.15) is 63.5 Å². The summed E-state index contributed by atoms with van der Waals surface area (Å²) in [5.41, 5.74) is 3.78. The molecule has 4 bridgehead atoms. The molecule has 2 aromatic carbocycles. The van der Waals surface area contributed by atoms with Gasteiger partial charge in [0.15, 0.2) is 0 Å². The number of rotatable bonds is 6. The lowest BCUT2D eigenvalue weighted by Gasteiger charge is -2.65. The second-order valence-electron chi connectivity index (χ2n) is 10.8. The largest absolute Gasteiger partial charge is 0.487 e. The van der Waals surface area contributed by atoms with Crippen molar-refractivity contribution in [3.63, 3.8) is 0 Å². The van der Waals surface area contributed by atoms with Crippen LogP contribution in [0.3, 0.4) is 0 Å². The van der Waals surface area contributed by atoms with Crippen LogP contribution in [0.25, 0.3) is 0 Å². The topological polar surface area (TPSA) is 21.3 Å². The van der Waals surface area contributed by atoms with Crippen molar-refractivity contribution in [2.45, 2.75) is 71.1 Å². The van der Waals surface area contributed by atoms with Crippen LogP contribution in [-0.4, -0.2) is 5.54 Å². The molecule has 3 heteroatoms. The average molecular weight is 410 g/mol. The number of nitrogens with one attached hydrogen (secondary N) is 1. The van der Waals surface area contributed by atoms with E-state index in [-0.39, 0.29) is 0 Å². The second-order valence-corrected chi connectivity index (χ2v) is 11.2. The van der Waals surface area contributed by atoms with Gasteiger partial charge in [0.1, 0.15) is 12.4 Å². The molecule has 4 saturated carbocycles. The van der Waals surface area contributed by atoms with E-state index < -0.39 is 0 Å². The molecule has 0 radical (unpaired) electrons. The lowest BCUT2D eigenvalue weighted by Crippen LogP contribution is -2.63. The third-order valence-corrected chi connectivity index (χ3v) is 7.82. The van der Waals surface area contributed by atoms with E-state index in [4.69, 9.17) is 16.3 Å². The fraction of sp³-hybridized carbons (Fsp3) is 0.538. The predicted octanol–water partition coefficient (Wildman–Crippen LogP) is 6.76. The first-order valence-electron chi connectivity index (χ1n) is 11.0. The van der Waals surface area contributed by atoms with Gasteiger partial charge in [0.05, 0.1) is 5.02 Å². The van der Waals surface area contributed by atoms with Crippen molar-refractivity contribution in [3.05, 3.63) is 64.7 Å². The van der Waals surface area contributed by atoms with Gasteiger partial charge in [0.25, 0.3) is 0 Å². The van der Waals surface area contributed by atoms with Crippen LogP contribution in [0.2, 0.25) is 5.02 Å². The highest BCUT2D eigenvalue weighted by Gasteiger charge is 2.59. The van der Waals surface area contributed by atoms with E-state index in [1.807, 2.05) is 24.3 Å². The summed E-state index contributed by atoms with van der Waals surface area (Å²) in [6.45, 7) is 6.49. The first kappa shape index (κ1) is 19.5. The molecule has 4 aliphatic rings. The Morgan fingerprint density at radius 3 is 2.31 bits per heavy atom. The van der Waals surface area contributed by atoms with E-state index in [1.165, 1.54) is 44.1 Å². The predicted molar refractivity (Wildman–Crippen MR) is 119 cm³/mol. The van der Waals surface area contributed by atoms with E-state index in [2.05, 4.69) is 43.4 Å². The molecule has 0 heterocycles. The lowest BCUT2D eigenvalue weighted by molar-refractivity contribution is -0.118. The van der Waals surface area contributed by atoms with Crippen LogP contribution in [0.5, 0.6) is 5.75 Å². The highest BCUT2D eigenvalue weighted by atomic mass is 35.5. The Balaban J connectivity index is 1.24. The van der Waals surface area contributed by atoms with Crippen LogP contribution in [0, 0.1) is 16.7 Å². The Morgan fingerprint density at radius 2 is 1.66 bits per heavy atom. The van der Waals surface area contributed by atoms with Gasteiger partial charge in [-0.2, -0.15) is 0 Å². The number of hydrogen-bond donors (Lipinski definition) is 1. The third-order valence-electron chi connectivity index (χ3n) is 7.53. The molecule has 4 atom stereocenters. The maximum atomic E-state index is 6.54. The van der Waals surface area contributed by atoms with Gasteiger partial charge in [-0.25, -0.2) is 0 Å². The zero-order valence-corrected chi connectivity index (χ0v) is 18.4. The van der Waals surface area contributed by atoms with Gasteiger partial charge in [0, 0.05) is 12.1 Å². The minimum absolute atomic E-state index is 0.317. The molecule has 0 amide bonds. The van der Waals surface area contributed by atoms with Crippen LogP contribution in [-0.2, 0) is 13.2 Å². The van der Waals surface area contributed by atoms with Gasteiger partial charge < -0.3 is 10.1 Å². The van der Waals surface area contributed by atoms with Crippen molar-refractivity contribution >= 4 is 11.6 Å². The summed E-state index contributed by atoms with van der Waals surface area (Å²) in [5, 5.41) is 4.70. The van der Waals surface area contributed by atoms with Crippen molar-refractivity contribution in [1.82, 2.24) is 5.32 Å². The van der Waals surface area contributed by atoms with Crippen molar-refractivity contribution in [2.75, 3.05) is 0 Å². The summed E-state index contributed by atoms with van der Waals surface area (Å²) < 4.78 is 5.93. The van der Waals surface area contributed by atoms with E-state index >= 15 is 0 Å². The maximum Gasteiger partial charge on any atom is 0.138 e. The molecule has 2 unspecified atom stereocenters. The first-order valence-corrected chi connectivity index (χ1v) is 11.4. The number of benzene rings is 2. The normalized spacial score (nSPS) is 35.1. The summed E-state index contributed by atoms with van der Waals surface area (Å²) in [7, 11) is 0. The summed E-state index contributed by atoms with van der Waals surface area (Å²) in [5.74, 6) is 1.67. The molecule has 2 aromatic rings. The van der Waals surface area contributed by atoms with Crippen LogP contribution < -0.4 is 10.1 Å². The number of ether oxygens (including phenoxy) is 1. The Labute approximate surface area is 180 Å². The van der Waals surface area contributed by atoms with Crippen molar-refractivity contribution < 1.29 is 4.74 Å². The SMILES string of the molecule is C[C@]12CC3CC(NCc4ccc(OCc5ccccc5)c(Cl)c4)(C1)C[C@@](C)(C3)C2. The van der Waals surface area contributed by atoms with Gasteiger partial charge in [-0.1, -0.05) is 61.8 Å². The Kier molecular flexibility index (Phi) is 4.71. The van der Waals surface area contributed by atoms with Crippen LogP contribution in [0.4, 0.5) is 0 Å². The van der Waals surface area contributed by atoms with Gasteiger partial charge in [-0.15, -0.1) is 0 Å². The lowest BCUT2D eigenvalue weighted by atomic mass is 9.43. The van der Waals surface area contributed by atoms with Gasteiger partial charge >= 0.3 is 0 Å². The molecular weight excluding hydrogens is 378 g/mol. The minimum atomic E-state index is 0.317. The summed E-state index contributed by atoms with van der Waals surface area (Å²) >= 11 is 6.54. The maximum absolute atomic E-state index is 6.54. The summed E-state index contributed by atoms with van der Waals surface area (Å²) in [6, 6.07) is 16.5. The molecule has 0 aliphatic heterocycles. The second kappa shape index (κ2) is 7.03. The van der Waals surface area contributed by atoms with Crippen LogP contribution >= 0.6 is 11.6 Å². The van der Waals surface area contributed by atoms with Crippen LogP contribution in [0.15, 0.2) is 48.5 Å². The molecule has 0 saturated heterocycles. The molecule has 154 valence electrons. The molecule has 1 N–H and O–H groups in total. The van der Waals surface area contributed by atoms with Gasteiger partial charge in [0.2, 0.25) is 0 Å². The first-order chi connectivity index (χ1) is 13.8. The number of hydrogen-bond acceptors (Lipinski definition) is 2. The molecule has 29 heavy (non-hydrogen) atoms. The quantitative estimate of drug-likeness (QED) is 0.569. The monoisotopic (exact) mass is 409 g/mol. The molecule has 6 rings (SSSR count). The molecule has 4 fully saturated rings. The molecule has 4 aliphatic carbocycles. The van der Waals surface area contributed by atoms with Crippen molar-refractivity contribution in [1.29, 1.82) is 0 Å². The van der Waals surface area contributed by atoms with Gasteiger partial charge in [-0.3, -0.25) is 0 Å². The molecule has 2 nitrogen and oxygen atoms in total. The summed E-state index contributed by atoms with van der Waals surface area (Å²) in [4.78, 5) is 0. The standard InChI is InChI=1S/C26H32ClNO/c1-24-11-21-12-25(2,16-24)18-26(13-21,17-24)28-14-20-8-9-23(22(27)10-20)29-15-19-6-4-3-5-7-19/h3-10,21,28H,11-18H2,1-2H3/t21?,24-,25+,26?. The van der Waals surface area contributed by atoms with Crippen molar-refractivity contribution in [2.24, 2.45) is 16.7 Å². The average Bonchev–Trinajstić information content (AvgIpc) is 2.64.